The van der Waals surface area contributed by atoms with Crippen molar-refractivity contribution in [1.29, 1.82) is 0 Å². The molecular weight excluding hydrogens is 391 g/mol. The van der Waals surface area contributed by atoms with Gasteiger partial charge in [0.05, 0.1) is 13.2 Å². The van der Waals surface area contributed by atoms with Crippen molar-refractivity contribution in [2.24, 2.45) is 0 Å². The number of hydrogen-bond donors (Lipinski definition) is 1. The Kier molecular flexibility index (Phi) is 5.38. The molecule has 2 aromatic carbocycles. The fourth-order valence-electron chi connectivity index (χ4n) is 3.26. The molecular formula is C20H19FN6O3. The number of nitrogens with zero attached hydrogens (tertiary/aromatic N) is 5. The monoisotopic (exact) mass is 410 g/mol. The average Bonchev–Trinajstić information content (AvgIpc) is 3.35. The van der Waals surface area contributed by atoms with Gasteiger partial charge in [-0.15, -0.1) is 10.2 Å². The molecule has 2 heterocycles. The highest BCUT2D eigenvalue weighted by Gasteiger charge is 2.31. The fourth-order valence-corrected chi connectivity index (χ4v) is 3.26. The number of tetrazole rings is 1. The molecule has 1 aliphatic rings. The topological polar surface area (TPSA) is 102 Å². The van der Waals surface area contributed by atoms with Crippen LogP contribution in [0.15, 0.2) is 48.5 Å². The predicted octanol–water partition coefficient (Wildman–Crippen LogP) is 1.41. The molecule has 0 saturated carbocycles. The maximum Gasteiger partial charge on any atom is 0.243 e. The highest BCUT2D eigenvalue weighted by molar-refractivity contribution is 5.96. The Bertz CT molecular complexity index is 1070. The molecule has 154 valence electrons. The van der Waals surface area contributed by atoms with Crippen molar-refractivity contribution in [2.45, 2.75) is 19.0 Å². The first-order valence-corrected chi connectivity index (χ1v) is 9.29. The molecule has 1 N–H and O–H groups in total. The third-order valence-corrected chi connectivity index (χ3v) is 4.69. The van der Waals surface area contributed by atoms with E-state index in [4.69, 9.17) is 4.74 Å². The molecule has 9 nitrogen and oxygen atoms in total. The second-order valence-electron chi connectivity index (χ2n) is 6.82. The number of aromatic nitrogens is 4. The van der Waals surface area contributed by atoms with Gasteiger partial charge in [0, 0.05) is 24.2 Å². The molecule has 1 aliphatic heterocycles. The van der Waals surface area contributed by atoms with E-state index in [-0.39, 0.29) is 36.6 Å². The van der Waals surface area contributed by atoms with E-state index in [9.17, 15) is 14.0 Å². The number of ether oxygens (including phenoxy) is 1. The summed E-state index contributed by atoms with van der Waals surface area (Å²) in [6.07, 6.45) is 0.170. The van der Waals surface area contributed by atoms with Crippen LogP contribution in [0.25, 0.3) is 11.4 Å². The Morgan fingerprint density at radius 3 is 2.83 bits per heavy atom. The number of benzene rings is 2. The molecule has 3 aromatic rings. The quantitative estimate of drug-likeness (QED) is 0.659. The molecule has 0 radical (unpaired) electrons. The Labute approximate surface area is 171 Å². The highest BCUT2D eigenvalue weighted by Crippen LogP contribution is 2.22. The molecule has 10 heteroatoms. The van der Waals surface area contributed by atoms with Crippen molar-refractivity contribution in [3.8, 4) is 17.1 Å². The first-order valence-electron chi connectivity index (χ1n) is 9.29. The number of amides is 2. The summed E-state index contributed by atoms with van der Waals surface area (Å²) in [6.45, 7) is 0.189. The highest BCUT2D eigenvalue weighted by atomic mass is 19.1. The van der Waals surface area contributed by atoms with E-state index in [2.05, 4.69) is 20.7 Å². The van der Waals surface area contributed by atoms with Gasteiger partial charge in [-0.1, -0.05) is 12.1 Å². The second-order valence-corrected chi connectivity index (χ2v) is 6.82. The zero-order valence-electron chi connectivity index (χ0n) is 16.2. The lowest BCUT2D eigenvalue weighted by Gasteiger charge is -2.17. The summed E-state index contributed by atoms with van der Waals surface area (Å²) in [4.78, 5) is 27.3. The third-order valence-electron chi connectivity index (χ3n) is 4.69. The lowest BCUT2D eigenvalue weighted by atomic mass is 10.2. The van der Waals surface area contributed by atoms with Gasteiger partial charge in [0.15, 0.2) is 0 Å². The molecule has 1 unspecified atom stereocenters. The van der Waals surface area contributed by atoms with Gasteiger partial charge in [-0.05, 0) is 41.6 Å². The van der Waals surface area contributed by atoms with Gasteiger partial charge in [-0.3, -0.25) is 9.59 Å². The van der Waals surface area contributed by atoms with Crippen molar-refractivity contribution in [3.63, 3.8) is 0 Å². The summed E-state index contributed by atoms with van der Waals surface area (Å²) in [5.74, 6) is 0.205. The molecule has 1 fully saturated rings. The zero-order chi connectivity index (χ0) is 21.1. The second kappa shape index (κ2) is 8.27. The standard InChI is InChI=1S/C20H19FN6O3/c1-30-17-4-2-3-13(9-17)20-23-25-27(24-20)12-18(28)22-15-10-19(29)26(11-15)16-7-5-14(21)6-8-16/h2-9,15H,10-12H2,1H3,(H,22,28). The summed E-state index contributed by atoms with van der Waals surface area (Å²) in [6, 6.07) is 12.5. The minimum atomic E-state index is -0.371. The van der Waals surface area contributed by atoms with E-state index >= 15 is 0 Å². The predicted molar refractivity (Wildman–Crippen MR) is 105 cm³/mol. The lowest BCUT2D eigenvalue weighted by Crippen LogP contribution is -2.39. The number of anilines is 1. The number of hydrogen-bond acceptors (Lipinski definition) is 6. The van der Waals surface area contributed by atoms with Crippen LogP contribution in [0.1, 0.15) is 6.42 Å². The third kappa shape index (κ3) is 4.27. The number of carbonyl (C=O) groups excluding carboxylic acids is 2. The van der Waals surface area contributed by atoms with E-state index < -0.39 is 0 Å². The van der Waals surface area contributed by atoms with E-state index in [0.29, 0.717) is 23.8 Å². The first-order chi connectivity index (χ1) is 14.5. The minimum absolute atomic E-state index is 0.127. The van der Waals surface area contributed by atoms with E-state index in [0.717, 1.165) is 5.56 Å². The molecule has 1 aromatic heterocycles. The van der Waals surface area contributed by atoms with Gasteiger partial charge >= 0.3 is 0 Å². The van der Waals surface area contributed by atoms with Crippen LogP contribution in [0.5, 0.6) is 5.75 Å². The van der Waals surface area contributed by atoms with Crippen LogP contribution in [0.2, 0.25) is 0 Å². The Balaban J connectivity index is 1.35. The van der Waals surface area contributed by atoms with E-state index in [1.54, 1.807) is 19.2 Å². The summed E-state index contributed by atoms with van der Waals surface area (Å²) >= 11 is 0. The van der Waals surface area contributed by atoms with Crippen molar-refractivity contribution in [2.75, 3.05) is 18.6 Å². The van der Waals surface area contributed by atoms with Crippen LogP contribution in [0.4, 0.5) is 10.1 Å². The van der Waals surface area contributed by atoms with Crippen LogP contribution < -0.4 is 15.0 Å². The van der Waals surface area contributed by atoms with Gasteiger partial charge < -0.3 is 15.0 Å². The summed E-state index contributed by atoms with van der Waals surface area (Å²) < 4.78 is 18.3. The van der Waals surface area contributed by atoms with E-state index in [1.165, 1.54) is 34.0 Å². The molecule has 4 rings (SSSR count). The Morgan fingerprint density at radius 1 is 1.27 bits per heavy atom. The van der Waals surface area contributed by atoms with Crippen LogP contribution in [-0.4, -0.2) is 51.7 Å². The molecule has 0 spiro atoms. The normalized spacial score (nSPS) is 16.0. The number of carbonyl (C=O) groups is 2. The zero-order valence-corrected chi connectivity index (χ0v) is 16.2. The van der Waals surface area contributed by atoms with Gasteiger partial charge in [0.1, 0.15) is 18.1 Å². The molecule has 1 saturated heterocycles. The molecule has 0 bridgehead atoms. The molecule has 30 heavy (non-hydrogen) atoms. The van der Waals surface area contributed by atoms with Crippen LogP contribution >= 0.6 is 0 Å². The van der Waals surface area contributed by atoms with Gasteiger partial charge in [0.25, 0.3) is 0 Å². The number of halogens is 1. The van der Waals surface area contributed by atoms with Gasteiger partial charge in [-0.25, -0.2) is 4.39 Å². The van der Waals surface area contributed by atoms with Gasteiger partial charge in [-0.2, -0.15) is 4.80 Å². The number of rotatable bonds is 6. The van der Waals surface area contributed by atoms with Crippen LogP contribution in [0.3, 0.4) is 0 Å². The fraction of sp³-hybridized carbons (Fsp3) is 0.250. The Hall–Kier alpha value is -3.82. The van der Waals surface area contributed by atoms with Crippen LogP contribution in [0, 0.1) is 5.82 Å². The van der Waals surface area contributed by atoms with E-state index in [1.807, 2.05) is 12.1 Å². The van der Waals surface area contributed by atoms with Crippen molar-refractivity contribution < 1.29 is 18.7 Å². The number of nitrogens with one attached hydrogen (secondary N) is 1. The smallest absolute Gasteiger partial charge is 0.243 e. The summed E-state index contributed by atoms with van der Waals surface area (Å²) in [5.41, 5.74) is 1.32. The van der Waals surface area contributed by atoms with Crippen molar-refractivity contribution in [1.82, 2.24) is 25.5 Å². The summed E-state index contributed by atoms with van der Waals surface area (Å²) in [5, 5.41) is 14.9. The van der Waals surface area contributed by atoms with Crippen molar-refractivity contribution in [3.05, 3.63) is 54.3 Å². The summed E-state index contributed by atoms with van der Waals surface area (Å²) in [7, 11) is 1.57. The maximum atomic E-state index is 13.1. The van der Waals surface area contributed by atoms with Crippen molar-refractivity contribution >= 4 is 17.5 Å². The molecule has 1 atom stereocenters. The number of methoxy groups -OCH3 is 1. The average molecular weight is 410 g/mol. The lowest BCUT2D eigenvalue weighted by molar-refractivity contribution is -0.122. The Morgan fingerprint density at radius 2 is 2.07 bits per heavy atom. The first kappa shape index (κ1) is 19.5. The van der Waals surface area contributed by atoms with Crippen LogP contribution in [-0.2, 0) is 16.1 Å². The molecule has 0 aliphatic carbocycles. The molecule has 2 amide bonds. The van der Waals surface area contributed by atoms with Gasteiger partial charge in [0.2, 0.25) is 17.6 Å². The SMILES string of the molecule is COc1cccc(-c2nnn(CC(=O)NC3CC(=O)N(c4ccc(F)cc4)C3)n2)c1. The maximum absolute atomic E-state index is 13.1. The minimum Gasteiger partial charge on any atom is -0.497 e. The largest absolute Gasteiger partial charge is 0.497 e.